The molecule has 0 amide bonds. The van der Waals surface area contributed by atoms with Crippen LogP contribution in [-0.2, 0) is 11.4 Å². The molecular weight excluding hydrogens is 254 g/mol. The van der Waals surface area contributed by atoms with Crippen molar-refractivity contribution in [2.24, 2.45) is 5.16 Å². The highest BCUT2D eigenvalue weighted by molar-refractivity contribution is 5.96. The summed E-state index contributed by atoms with van der Waals surface area (Å²) in [5.74, 6) is 0.111. The quantitative estimate of drug-likeness (QED) is 0.682. The van der Waals surface area contributed by atoms with E-state index in [0.717, 1.165) is 5.56 Å². The van der Waals surface area contributed by atoms with Crippen LogP contribution in [0.4, 0.5) is 0 Å². The van der Waals surface area contributed by atoms with Gasteiger partial charge in [-0.1, -0.05) is 17.3 Å². The summed E-state index contributed by atoms with van der Waals surface area (Å²) in [6.45, 7) is 2.10. The second-order valence-corrected chi connectivity index (χ2v) is 4.16. The third-order valence-electron chi connectivity index (χ3n) is 2.63. The number of aromatic nitrogens is 1. The van der Waals surface area contributed by atoms with Crippen molar-refractivity contribution in [3.63, 3.8) is 0 Å². The van der Waals surface area contributed by atoms with Gasteiger partial charge in [-0.2, -0.15) is 5.26 Å². The fourth-order valence-electron chi connectivity index (χ4n) is 1.53. The Morgan fingerprint density at radius 3 is 2.65 bits per heavy atom. The van der Waals surface area contributed by atoms with E-state index in [9.17, 15) is 0 Å². The minimum absolute atomic E-state index is 0.111. The fourth-order valence-corrected chi connectivity index (χ4v) is 1.53. The summed E-state index contributed by atoms with van der Waals surface area (Å²) in [7, 11) is 0. The summed E-state index contributed by atoms with van der Waals surface area (Å²) in [6.07, 6.45) is 1.36. The predicted molar refractivity (Wildman–Crippen MR) is 74.1 cm³/mol. The Morgan fingerprint density at radius 1 is 1.30 bits per heavy atom. The van der Waals surface area contributed by atoms with E-state index in [4.69, 9.17) is 15.2 Å². The van der Waals surface area contributed by atoms with Crippen molar-refractivity contribution in [3.8, 4) is 11.8 Å². The molecule has 100 valence electrons. The zero-order valence-corrected chi connectivity index (χ0v) is 10.9. The van der Waals surface area contributed by atoms with Gasteiger partial charge in [-0.3, -0.25) is 4.98 Å². The monoisotopic (exact) mass is 267 g/mol. The Kier molecular flexibility index (Phi) is 4.30. The van der Waals surface area contributed by atoms with Crippen molar-refractivity contribution < 1.29 is 9.94 Å². The van der Waals surface area contributed by atoms with Gasteiger partial charge in [-0.25, -0.2) is 0 Å². The second kappa shape index (κ2) is 6.34. The third-order valence-corrected chi connectivity index (χ3v) is 2.63. The smallest absolute Gasteiger partial charge is 0.142 e. The summed E-state index contributed by atoms with van der Waals surface area (Å²) in [5, 5.41) is 21.8. The molecule has 1 heterocycles. The number of pyridine rings is 1. The third kappa shape index (κ3) is 3.56. The van der Waals surface area contributed by atoms with Gasteiger partial charge >= 0.3 is 0 Å². The van der Waals surface area contributed by atoms with Crippen molar-refractivity contribution in [3.05, 3.63) is 59.4 Å². The van der Waals surface area contributed by atoms with Gasteiger partial charge in [-0.05, 0) is 36.8 Å². The molecule has 0 radical (unpaired) electrons. The molecule has 20 heavy (non-hydrogen) atoms. The van der Waals surface area contributed by atoms with Gasteiger partial charge in [0.05, 0.1) is 23.5 Å². The number of nitriles is 1. The van der Waals surface area contributed by atoms with Crippen LogP contribution in [0, 0.1) is 11.3 Å². The standard InChI is InChI=1S/C15H13N3O2/c1-11(15-7-6-14(19)9-17-15)18-20-10-13-4-2-12(8-16)3-5-13/h2-7,9,19H,10H2,1H3. The Balaban J connectivity index is 1.95. The molecule has 0 aliphatic carbocycles. The van der Waals surface area contributed by atoms with Crippen molar-refractivity contribution in [2.75, 3.05) is 0 Å². The molecule has 0 fully saturated rings. The zero-order chi connectivity index (χ0) is 14.4. The van der Waals surface area contributed by atoms with E-state index in [1.165, 1.54) is 6.20 Å². The van der Waals surface area contributed by atoms with Gasteiger partial charge in [0.15, 0.2) is 0 Å². The minimum atomic E-state index is 0.111. The Hall–Kier alpha value is -2.87. The lowest BCUT2D eigenvalue weighted by molar-refractivity contribution is 0.130. The normalized spacial score (nSPS) is 10.9. The maximum absolute atomic E-state index is 9.15. The van der Waals surface area contributed by atoms with E-state index in [-0.39, 0.29) is 5.75 Å². The van der Waals surface area contributed by atoms with Crippen LogP contribution in [0.1, 0.15) is 23.7 Å². The number of oxime groups is 1. The molecule has 5 nitrogen and oxygen atoms in total. The molecule has 2 aromatic rings. The first kappa shape index (κ1) is 13.6. The topological polar surface area (TPSA) is 78.5 Å². The number of aromatic hydroxyl groups is 1. The molecule has 0 spiro atoms. The molecular formula is C15H13N3O2. The van der Waals surface area contributed by atoms with Gasteiger partial charge in [-0.15, -0.1) is 0 Å². The SMILES string of the molecule is CC(=NOCc1ccc(C#N)cc1)c1ccc(O)cn1. The van der Waals surface area contributed by atoms with Gasteiger partial charge in [0.2, 0.25) is 0 Å². The summed E-state index contributed by atoms with van der Waals surface area (Å²) < 4.78 is 0. The van der Waals surface area contributed by atoms with Gasteiger partial charge < -0.3 is 9.94 Å². The van der Waals surface area contributed by atoms with Crippen molar-refractivity contribution in [1.82, 2.24) is 4.98 Å². The van der Waals surface area contributed by atoms with Gasteiger partial charge in [0.25, 0.3) is 0 Å². The van der Waals surface area contributed by atoms with E-state index in [1.54, 1.807) is 31.2 Å². The highest BCUT2D eigenvalue weighted by Gasteiger charge is 2.00. The van der Waals surface area contributed by atoms with Crippen molar-refractivity contribution in [1.29, 1.82) is 5.26 Å². The first-order chi connectivity index (χ1) is 9.69. The Labute approximate surface area is 116 Å². The van der Waals surface area contributed by atoms with E-state index in [1.807, 2.05) is 12.1 Å². The fraction of sp³-hybridized carbons (Fsp3) is 0.133. The molecule has 0 saturated carbocycles. The lowest BCUT2D eigenvalue weighted by Gasteiger charge is -2.02. The van der Waals surface area contributed by atoms with Crippen LogP contribution in [0.5, 0.6) is 5.75 Å². The maximum atomic E-state index is 9.15. The summed E-state index contributed by atoms with van der Waals surface area (Å²) >= 11 is 0. The van der Waals surface area contributed by atoms with Crippen molar-refractivity contribution >= 4 is 5.71 Å². The molecule has 0 unspecified atom stereocenters. The molecule has 1 N–H and O–H groups in total. The molecule has 1 aromatic heterocycles. The molecule has 0 aliphatic heterocycles. The minimum Gasteiger partial charge on any atom is -0.506 e. The van der Waals surface area contributed by atoms with Crippen LogP contribution in [-0.4, -0.2) is 15.8 Å². The Morgan fingerprint density at radius 2 is 2.05 bits per heavy atom. The highest BCUT2D eigenvalue weighted by Crippen LogP contribution is 2.08. The zero-order valence-electron chi connectivity index (χ0n) is 10.9. The second-order valence-electron chi connectivity index (χ2n) is 4.16. The summed E-state index contributed by atoms with van der Waals surface area (Å²) in [5.41, 5.74) is 2.81. The first-order valence-electron chi connectivity index (χ1n) is 6.00. The average molecular weight is 267 g/mol. The number of benzene rings is 1. The van der Waals surface area contributed by atoms with Crippen LogP contribution in [0.25, 0.3) is 0 Å². The van der Waals surface area contributed by atoms with E-state index in [2.05, 4.69) is 16.2 Å². The molecule has 0 aliphatic rings. The van der Waals surface area contributed by atoms with Crippen molar-refractivity contribution in [2.45, 2.75) is 13.5 Å². The number of hydrogen-bond acceptors (Lipinski definition) is 5. The van der Waals surface area contributed by atoms with Gasteiger partial charge in [0.1, 0.15) is 18.1 Å². The number of rotatable bonds is 4. The lowest BCUT2D eigenvalue weighted by Crippen LogP contribution is -1.99. The van der Waals surface area contributed by atoms with E-state index in [0.29, 0.717) is 23.6 Å². The summed E-state index contributed by atoms with van der Waals surface area (Å²) in [6, 6.07) is 12.4. The van der Waals surface area contributed by atoms with Crippen LogP contribution < -0.4 is 0 Å². The number of nitrogens with zero attached hydrogens (tertiary/aromatic N) is 3. The lowest BCUT2D eigenvalue weighted by atomic mass is 10.2. The predicted octanol–water partition coefficient (Wildman–Crippen LogP) is 2.60. The molecule has 1 aromatic carbocycles. The van der Waals surface area contributed by atoms with E-state index >= 15 is 0 Å². The molecule has 0 atom stereocenters. The maximum Gasteiger partial charge on any atom is 0.142 e. The largest absolute Gasteiger partial charge is 0.506 e. The van der Waals surface area contributed by atoms with Crippen LogP contribution >= 0.6 is 0 Å². The Bertz CT molecular complexity index is 640. The molecule has 0 bridgehead atoms. The first-order valence-corrected chi connectivity index (χ1v) is 6.00. The average Bonchev–Trinajstić information content (AvgIpc) is 2.48. The number of hydrogen-bond donors (Lipinski definition) is 1. The van der Waals surface area contributed by atoms with E-state index < -0.39 is 0 Å². The van der Waals surface area contributed by atoms with Gasteiger partial charge in [0, 0.05) is 0 Å². The molecule has 5 heteroatoms. The van der Waals surface area contributed by atoms with Crippen LogP contribution in [0.3, 0.4) is 0 Å². The summed E-state index contributed by atoms with van der Waals surface area (Å²) in [4.78, 5) is 9.27. The molecule has 2 rings (SSSR count). The van der Waals surface area contributed by atoms with Crippen LogP contribution in [0.2, 0.25) is 0 Å². The van der Waals surface area contributed by atoms with Crippen LogP contribution in [0.15, 0.2) is 47.8 Å². The highest BCUT2D eigenvalue weighted by atomic mass is 16.6. The molecule has 0 saturated heterocycles.